The van der Waals surface area contributed by atoms with E-state index in [9.17, 15) is 12.8 Å². The molecule has 0 fully saturated rings. The minimum absolute atomic E-state index is 0.0572. The van der Waals surface area contributed by atoms with Gasteiger partial charge in [0.15, 0.2) is 0 Å². The van der Waals surface area contributed by atoms with Crippen molar-refractivity contribution in [2.75, 3.05) is 19.8 Å². The number of sulfonamides is 1. The van der Waals surface area contributed by atoms with E-state index in [1.165, 1.54) is 6.07 Å². The van der Waals surface area contributed by atoms with Crippen LogP contribution in [0.1, 0.15) is 19.4 Å². The molecule has 0 aromatic heterocycles. The molecule has 0 aliphatic rings. The van der Waals surface area contributed by atoms with Crippen LogP contribution in [-0.2, 0) is 14.8 Å². The van der Waals surface area contributed by atoms with Crippen LogP contribution in [0.3, 0.4) is 0 Å². The Morgan fingerprint density at radius 1 is 1.48 bits per heavy atom. The van der Waals surface area contributed by atoms with Gasteiger partial charge in [-0.15, -0.1) is 0 Å². The first-order valence-electron chi connectivity index (χ1n) is 6.41. The first-order valence-corrected chi connectivity index (χ1v) is 7.89. The molecule has 0 heterocycles. The van der Waals surface area contributed by atoms with Crippen molar-refractivity contribution >= 4 is 10.0 Å². The molecule has 0 saturated carbocycles. The van der Waals surface area contributed by atoms with E-state index in [-0.39, 0.29) is 19.3 Å². The molecule has 5 nitrogen and oxygen atoms in total. The number of hydrogen-bond donors (Lipinski definition) is 2. The van der Waals surface area contributed by atoms with Gasteiger partial charge in [0, 0.05) is 18.7 Å². The van der Waals surface area contributed by atoms with E-state index in [0.717, 1.165) is 12.1 Å². The van der Waals surface area contributed by atoms with Crippen molar-refractivity contribution in [1.29, 1.82) is 0 Å². The summed E-state index contributed by atoms with van der Waals surface area (Å²) < 4.78 is 45.4. The number of benzene rings is 1. The Morgan fingerprint density at radius 2 is 2.19 bits per heavy atom. The second-order valence-electron chi connectivity index (χ2n) is 4.22. The van der Waals surface area contributed by atoms with Gasteiger partial charge in [-0.1, -0.05) is 11.8 Å². The molecule has 2 N–H and O–H groups in total. The highest BCUT2D eigenvalue weighted by Gasteiger charge is 2.19. The molecule has 0 aliphatic carbocycles. The second kappa shape index (κ2) is 8.10. The molecule has 1 aromatic carbocycles. The topological polar surface area (TPSA) is 75.6 Å². The Balaban J connectivity index is 2.88. The maximum absolute atomic E-state index is 13.9. The largest absolute Gasteiger partial charge is 0.384 e. The van der Waals surface area contributed by atoms with E-state index in [1.54, 1.807) is 13.8 Å². The van der Waals surface area contributed by atoms with E-state index in [2.05, 4.69) is 16.6 Å². The number of aliphatic hydroxyl groups is 1. The van der Waals surface area contributed by atoms with Gasteiger partial charge >= 0.3 is 0 Å². The van der Waals surface area contributed by atoms with Crippen LogP contribution in [0.4, 0.5) is 4.39 Å². The summed E-state index contributed by atoms with van der Waals surface area (Å²) in [6, 6.07) is 3.54. The van der Waals surface area contributed by atoms with Crippen LogP contribution in [0.25, 0.3) is 0 Å². The van der Waals surface area contributed by atoms with Gasteiger partial charge in [0.05, 0.1) is 6.10 Å². The molecule has 116 valence electrons. The normalized spacial score (nSPS) is 12.6. The van der Waals surface area contributed by atoms with E-state index in [4.69, 9.17) is 9.84 Å². The van der Waals surface area contributed by atoms with E-state index in [1.807, 2.05) is 0 Å². The first-order chi connectivity index (χ1) is 9.90. The summed E-state index contributed by atoms with van der Waals surface area (Å²) in [7, 11) is -3.94. The zero-order valence-electron chi connectivity index (χ0n) is 11.9. The van der Waals surface area contributed by atoms with Gasteiger partial charge in [-0.3, -0.25) is 0 Å². The summed E-state index contributed by atoms with van der Waals surface area (Å²) in [5, 5.41) is 8.56. The smallest absolute Gasteiger partial charge is 0.243 e. The van der Waals surface area contributed by atoms with Crippen molar-refractivity contribution in [1.82, 2.24) is 4.72 Å². The summed E-state index contributed by atoms with van der Waals surface area (Å²) in [5.41, 5.74) is 0.295. The maximum atomic E-state index is 13.9. The fourth-order valence-corrected chi connectivity index (χ4v) is 2.76. The average Bonchev–Trinajstić information content (AvgIpc) is 2.43. The van der Waals surface area contributed by atoms with Crippen LogP contribution in [-0.4, -0.2) is 39.4 Å². The third kappa shape index (κ3) is 5.44. The lowest BCUT2D eigenvalue weighted by Gasteiger charge is -2.13. The van der Waals surface area contributed by atoms with Crippen LogP contribution in [0.2, 0.25) is 0 Å². The molecule has 7 heteroatoms. The first kappa shape index (κ1) is 17.6. The molecular weight excluding hydrogens is 297 g/mol. The summed E-state index contributed by atoms with van der Waals surface area (Å²) in [6.45, 7) is 3.70. The Bertz CT molecular complexity index is 634. The SMILES string of the molecule is CCOC(C)CNS(=O)(=O)c1ccc(C#CCO)cc1F. The summed E-state index contributed by atoms with van der Waals surface area (Å²) in [4.78, 5) is -0.444. The molecule has 1 aromatic rings. The molecule has 1 rings (SSSR count). The molecule has 21 heavy (non-hydrogen) atoms. The quantitative estimate of drug-likeness (QED) is 0.764. The van der Waals surface area contributed by atoms with Crippen LogP contribution < -0.4 is 4.72 Å². The Labute approximate surface area is 124 Å². The number of hydrogen-bond acceptors (Lipinski definition) is 4. The lowest BCUT2D eigenvalue weighted by Crippen LogP contribution is -2.32. The highest BCUT2D eigenvalue weighted by molar-refractivity contribution is 7.89. The molecule has 0 aliphatic heterocycles. The molecule has 1 unspecified atom stereocenters. The predicted molar refractivity (Wildman–Crippen MR) is 76.6 cm³/mol. The van der Waals surface area contributed by atoms with Crippen molar-refractivity contribution in [3.8, 4) is 11.8 Å². The minimum atomic E-state index is -3.94. The number of rotatable bonds is 6. The van der Waals surface area contributed by atoms with Gasteiger partial charge in [0.1, 0.15) is 17.3 Å². The zero-order valence-corrected chi connectivity index (χ0v) is 12.7. The van der Waals surface area contributed by atoms with Gasteiger partial charge in [-0.2, -0.15) is 0 Å². The third-order valence-corrected chi connectivity index (χ3v) is 4.00. The highest BCUT2D eigenvalue weighted by atomic mass is 32.2. The molecular formula is C14H18FNO4S. The lowest BCUT2D eigenvalue weighted by molar-refractivity contribution is 0.0799. The van der Waals surface area contributed by atoms with Crippen LogP contribution in [0, 0.1) is 17.7 Å². The van der Waals surface area contributed by atoms with Crippen LogP contribution >= 0.6 is 0 Å². The van der Waals surface area contributed by atoms with Crippen LogP contribution in [0.5, 0.6) is 0 Å². The Hall–Kier alpha value is -1.46. The second-order valence-corrected chi connectivity index (χ2v) is 5.96. The van der Waals surface area contributed by atoms with Crippen molar-refractivity contribution in [3.63, 3.8) is 0 Å². The van der Waals surface area contributed by atoms with Gasteiger partial charge < -0.3 is 9.84 Å². The van der Waals surface area contributed by atoms with E-state index in [0.29, 0.717) is 12.2 Å². The molecule has 0 amide bonds. The molecule has 0 spiro atoms. The van der Waals surface area contributed by atoms with Crippen LogP contribution in [0.15, 0.2) is 23.1 Å². The van der Waals surface area contributed by atoms with Crippen molar-refractivity contribution in [2.24, 2.45) is 0 Å². The molecule has 0 bridgehead atoms. The highest BCUT2D eigenvalue weighted by Crippen LogP contribution is 2.15. The monoisotopic (exact) mass is 315 g/mol. The summed E-state index contributed by atoms with van der Waals surface area (Å²) in [6.07, 6.45) is -0.303. The van der Waals surface area contributed by atoms with Gasteiger partial charge in [0.2, 0.25) is 10.0 Å². The summed E-state index contributed by atoms with van der Waals surface area (Å²) in [5.74, 6) is 3.97. The van der Waals surface area contributed by atoms with Crippen molar-refractivity contribution in [3.05, 3.63) is 29.6 Å². The van der Waals surface area contributed by atoms with Gasteiger partial charge in [-0.25, -0.2) is 17.5 Å². The number of nitrogens with one attached hydrogen (secondary N) is 1. The fourth-order valence-electron chi connectivity index (χ4n) is 1.59. The zero-order chi connectivity index (χ0) is 15.9. The van der Waals surface area contributed by atoms with E-state index >= 15 is 0 Å². The minimum Gasteiger partial charge on any atom is -0.384 e. The lowest BCUT2D eigenvalue weighted by atomic mass is 10.2. The Morgan fingerprint density at radius 3 is 2.76 bits per heavy atom. The standard InChI is InChI=1S/C14H18FNO4S/c1-3-20-11(2)10-16-21(18,19)14-7-6-12(5-4-8-17)9-13(14)15/h6-7,9,11,16-17H,3,8,10H2,1-2H3. The number of halogens is 1. The van der Waals surface area contributed by atoms with Gasteiger partial charge in [0.25, 0.3) is 0 Å². The molecule has 0 radical (unpaired) electrons. The fraction of sp³-hybridized carbons (Fsp3) is 0.429. The third-order valence-electron chi connectivity index (χ3n) is 2.55. The Kier molecular flexibility index (Phi) is 6.78. The maximum Gasteiger partial charge on any atom is 0.243 e. The summed E-state index contributed by atoms with van der Waals surface area (Å²) >= 11 is 0. The number of ether oxygens (including phenoxy) is 1. The van der Waals surface area contributed by atoms with Crippen molar-refractivity contribution < 1.29 is 22.7 Å². The molecule has 1 atom stereocenters. The average molecular weight is 315 g/mol. The van der Waals surface area contributed by atoms with Gasteiger partial charge in [-0.05, 0) is 32.0 Å². The van der Waals surface area contributed by atoms with Crippen molar-refractivity contribution in [2.45, 2.75) is 24.8 Å². The van der Waals surface area contributed by atoms with E-state index < -0.39 is 20.7 Å². The molecule has 0 saturated heterocycles. The predicted octanol–water partition coefficient (Wildman–Crippen LogP) is 0.873. The number of aliphatic hydroxyl groups excluding tert-OH is 1.